The van der Waals surface area contributed by atoms with Crippen molar-refractivity contribution >= 4 is 0 Å². The van der Waals surface area contributed by atoms with E-state index < -0.39 is 0 Å². The zero-order valence-electron chi connectivity index (χ0n) is 9.48. The number of allylic oxidation sites excluding steroid dienone is 1. The van der Waals surface area contributed by atoms with E-state index in [1.165, 1.54) is 0 Å². The molecule has 0 N–H and O–H groups in total. The number of nitrogens with zero attached hydrogens (tertiary/aromatic N) is 1. The fraction of sp³-hybridized carbons (Fsp3) is 0.0625. The zero-order valence-corrected chi connectivity index (χ0v) is 9.48. The van der Waals surface area contributed by atoms with Crippen LogP contribution in [0, 0.1) is 17.4 Å². The molecular formula is C16H12N. The van der Waals surface area contributed by atoms with Gasteiger partial charge >= 0.3 is 0 Å². The van der Waals surface area contributed by atoms with Crippen LogP contribution in [0.1, 0.15) is 11.1 Å². The number of hydrogen-bond donors (Lipinski definition) is 0. The molecule has 0 aliphatic heterocycles. The van der Waals surface area contributed by atoms with Crippen molar-refractivity contribution in [3.05, 3.63) is 72.3 Å². The molecule has 0 bridgehead atoms. The summed E-state index contributed by atoms with van der Waals surface area (Å²) in [6.45, 7) is 3.75. The maximum absolute atomic E-state index is 9.12. The van der Waals surface area contributed by atoms with Gasteiger partial charge in [-0.3, -0.25) is 0 Å². The Morgan fingerprint density at radius 1 is 1.18 bits per heavy atom. The Kier molecular flexibility index (Phi) is 3.37. The van der Waals surface area contributed by atoms with Gasteiger partial charge in [-0.25, -0.2) is 0 Å². The van der Waals surface area contributed by atoms with Crippen molar-refractivity contribution in [3.63, 3.8) is 0 Å². The highest BCUT2D eigenvalue weighted by molar-refractivity contribution is 5.73. The van der Waals surface area contributed by atoms with Gasteiger partial charge < -0.3 is 0 Å². The lowest BCUT2D eigenvalue weighted by Gasteiger charge is -2.08. The van der Waals surface area contributed by atoms with E-state index in [1.807, 2.05) is 48.5 Å². The SMILES string of the molecule is C=CCc1[c]cccc1-c1ccccc1C#N. The highest BCUT2D eigenvalue weighted by Gasteiger charge is 2.07. The Morgan fingerprint density at radius 2 is 1.94 bits per heavy atom. The van der Waals surface area contributed by atoms with Gasteiger partial charge in [0.05, 0.1) is 11.6 Å². The maximum atomic E-state index is 9.12. The van der Waals surface area contributed by atoms with Gasteiger partial charge in [-0.2, -0.15) is 5.26 Å². The normalized spacial score (nSPS) is 9.59. The van der Waals surface area contributed by atoms with Crippen molar-refractivity contribution in [2.24, 2.45) is 0 Å². The van der Waals surface area contributed by atoms with Crippen LogP contribution in [0.15, 0.2) is 55.1 Å². The predicted molar refractivity (Wildman–Crippen MR) is 69.3 cm³/mol. The summed E-state index contributed by atoms with van der Waals surface area (Å²) in [6.07, 6.45) is 2.61. The van der Waals surface area contributed by atoms with E-state index in [9.17, 15) is 0 Å². The van der Waals surface area contributed by atoms with Crippen molar-refractivity contribution in [1.82, 2.24) is 0 Å². The lowest BCUT2D eigenvalue weighted by Crippen LogP contribution is -1.90. The summed E-state index contributed by atoms with van der Waals surface area (Å²) < 4.78 is 0. The minimum atomic E-state index is 0.692. The first-order valence-electron chi connectivity index (χ1n) is 5.47. The lowest BCUT2D eigenvalue weighted by atomic mass is 9.94. The van der Waals surface area contributed by atoms with Gasteiger partial charge in [-0.15, -0.1) is 6.58 Å². The molecule has 2 rings (SSSR count). The first-order chi connectivity index (χ1) is 8.36. The van der Waals surface area contributed by atoms with E-state index in [1.54, 1.807) is 0 Å². The van der Waals surface area contributed by atoms with Crippen LogP contribution in [0.2, 0.25) is 0 Å². The number of rotatable bonds is 3. The Hall–Kier alpha value is -2.33. The molecule has 0 aliphatic rings. The van der Waals surface area contributed by atoms with Crippen LogP contribution in [-0.4, -0.2) is 0 Å². The molecule has 0 saturated carbocycles. The summed E-state index contributed by atoms with van der Waals surface area (Å²) in [7, 11) is 0. The Bertz CT molecular complexity index is 576. The monoisotopic (exact) mass is 218 g/mol. The second kappa shape index (κ2) is 5.14. The zero-order chi connectivity index (χ0) is 12.1. The van der Waals surface area contributed by atoms with Crippen LogP contribution < -0.4 is 0 Å². The third-order valence-corrected chi connectivity index (χ3v) is 2.63. The van der Waals surface area contributed by atoms with Crippen LogP contribution in [-0.2, 0) is 6.42 Å². The minimum Gasteiger partial charge on any atom is -0.192 e. The van der Waals surface area contributed by atoms with Crippen LogP contribution in [0.4, 0.5) is 0 Å². The molecular weight excluding hydrogens is 206 g/mol. The molecule has 0 amide bonds. The van der Waals surface area contributed by atoms with Gasteiger partial charge in [0.1, 0.15) is 0 Å². The Morgan fingerprint density at radius 3 is 2.71 bits per heavy atom. The van der Waals surface area contributed by atoms with Crippen molar-refractivity contribution in [2.75, 3.05) is 0 Å². The summed E-state index contributed by atoms with van der Waals surface area (Å²) >= 11 is 0. The van der Waals surface area contributed by atoms with Gasteiger partial charge in [0, 0.05) is 0 Å². The first kappa shape index (κ1) is 11.2. The third kappa shape index (κ3) is 2.26. The van der Waals surface area contributed by atoms with E-state index in [0.717, 1.165) is 23.1 Å². The van der Waals surface area contributed by atoms with Gasteiger partial charge in [0.2, 0.25) is 0 Å². The van der Waals surface area contributed by atoms with E-state index in [2.05, 4.69) is 18.7 Å². The molecule has 0 atom stereocenters. The Labute approximate surface area is 102 Å². The Balaban J connectivity index is 2.60. The summed E-state index contributed by atoms with van der Waals surface area (Å²) in [5, 5.41) is 9.12. The van der Waals surface area contributed by atoms with Crippen molar-refractivity contribution in [1.29, 1.82) is 5.26 Å². The summed E-state index contributed by atoms with van der Waals surface area (Å²) in [6, 6.07) is 18.9. The van der Waals surface area contributed by atoms with Crippen LogP contribution in [0.3, 0.4) is 0 Å². The molecule has 2 aromatic rings. The van der Waals surface area contributed by atoms with Crippen molar-refractivity contribution < 1.29 is 0 Å². The van der Waals surface area contributed by atoms with Gasteiger partial charge in [0.25, 0.3) is 0 Å². The highest BCUT2D eigenvalue weighted by atomic mass is 14.2. The van der Waals surface area contributed by atoms with E-state index in [4.69, 9.17) is 5.26 Å². The van der Waals surface area contributed by atoms with Crippen LogP contribution in [0.5, 0.6) is 0 Å². The number of benzene rings is 2. The summed E-state index contributed by atoms with van der Waals surface area (Å²) in [5.74, 6) is 0. The molecule has 0 spiro atoms. The van der Waals surface area contributed by atoms with Gasteiger partial charge in [-0.05, 0) is 35.2 Å². The lowest BCUT2D eigenvalue weighted by molar-refractivity contribution is 1.27. The first-order valence-corrected chi connectivity index (χ1v) is 5.47. The molecule has 81 valence electrons. The fourth-order valence-corrected chi connectivity index (χ4v) is 1.85. The molecule has 1 heteroatoms. The van der Waals surface area contributed by atoms with Crippen LogP contribution >= 0.6 is 0 Å². The molecule has 0 unspecified atom stereocenters. The highest BCUT2D eigenvalue weighted by Crippen LogP contribution is 2.26. The molecule has 0 saturated heterocycles. The second-order valence-electron chi connectivity index (χ2n) is 3.71. The standard InChI is InChI=1S/C16H12N/c1-2-7-13-8-3-5-10-15(13)16-11-6-4-9-14(16)12-17/h2-6,9-11H,1,7H2. The fourth-order valence-electron chi connectivity index (χ4n) is 1.85. The van der Waals surface area contributed by atoms with E-state index in [0.29, 0.717) is 5.56 Å². The predicted octanol–water partition coefficient (Wildman–Crippen LogP) is 3.75. The third-order valence-electron chi connectivity index (χ3n) is 2.63. The molecule has 0 heterocycles. The molecule has 0 fully saturated rings. The molecule has 0 aromatic heterocycles. The topological polar surface area (TPSA) is 23.8 Å². The quantitative estimate of drug-likeness (QED) is 0.720. The second-order valence-corrected chi connectivity index (χ2v) is 3.71. The van der Waals surface area contributed by atoms with Gasteiger partial charge in [-0.1, -0.05) is 42.5 Å². The summed E-state index contributed by atoms with van der Waals surface area (Å²) in [4.78, 5) is 0. The maximum Gasteiger partial charge on any atom is 0.0998 e. The smallest absolute Gasteiger partial charge is 0.0998 e. The van der Waals surface area contributed by atoms with E-state index in [-0.39, 0.29) is 0 Å². The number of hydrogen-bond acceptors (Lipinski definition) is 1. The number of nitriles is 1. The van der Waals surface area contributed by atoms with Crippen molar-refractivity contribution in [2.45, 2.75) is 6.42 Å². The molecule has 1 nitrogen and oxygen atoms in total. The molecule has 0 aliphatic carbocycles. The minimum absolute atomic E-state index is 0.692. The molecule has 2 aromatic carbocycles. The average molecular weight is 218 g/mol. The van der Waals surface area contributed by atoms with E-state index >= 15 is 0 Å². The average Bonchev–Trinajstić information content (AvgIpc) is 2.40. The largest absolute Gasteiger partial charge is 0.192 e. The van der Waals surface area contributed by atoms with Crippen molar-refractivity contribution in [3.8, 4) is 17.2 Å². The molecule has 1 radical (unpaired) electrons. The summed E-state index contributed by atoms with van der Waals surface area (Å²) in [5.41, 5.74) is 3.79. The molecule has 17 heavy (non-hydrogen) atoms. The van der Waals surface area contributed by atoms with Gasteiger partial charge in [0.15, 0.2) is 0 Å². The van der Waals surface area contributed by atoms with Crippen LogP contribution in [0.25, 0.3) is 11.1 Å².